The smallest absolute Gasteiger partial charge is 0.251 e. The monoisotopic (exact) mass is 264 g/mol. The minimum Gasteiger partial charge on any atom is -0.388 e. The summed E-state index contributed by atoms with van der Waals surface area (Å²) in [7, 11) is 0. The average Bonchev–Trinajstić information content (AvgIpc) is 2.45. The third kappa shape index (κ3) is 4.33. The van der Waals surface area contributed by atoms with Crippen molar-refractivity contribution >= 4 is 5.91 Å². The molecule has 0 saturated heterocycles. The number of amides is 1. The number of hydrogen-bond donors (Lipinski definition) is 3. The van der Waals surface area contributed by atoms with Gasteiger partial charge in [0, 0.05) is 12.1 Å². The van der Waals surface area contributed by atoms with E-state index in [0.717, 1.165) is 5.56 Å². The normalized spacial score (nSPS) is 11.4. The minimum absolute atomic E-state index is 0.149. The molecule has 0 aromatic heterocycles. The Bertz CT molecular complexity index is 414. The predicted octanol–water partition coefficient (Wildman–Crippen LogP) is 1.47. The van der Waals surface area contributed by atoms with Crippen LogP contribution in [0.1, 0.15) is 42.6 Å². The second-order valence-electron chi connectivity index (χ2n) is 4.81. The van der Waals surface area contributed by atoms with E-state index in [1.165, 1.54) is 0 Å². The molecule has 0 heterocycles. The van der Waals surface area contributed by atoms with Gasteiger partial charge in [0.15, 0.2) is 0 Å². The molecule has 0 radical (unpaired) electrons. The number of carbonyl (C=O) groups is 1. The summed E-state index contributed by atoms with van der Waals surface area (Å²) in [5.74, 6) is -0.149. The number of nitrogens with one attached hydrogen (secondary N) is 1. The van der Waals surface area contributed by atoms with Crippen molar-refractivity contribution in [1.82, 2.24) is 5.32 Å². The van der Waals surface area contributed by atoms with E-state index in [0.29, 0.717) is 31.4 Å². The molecule has 1 aromatic carbocycles. The quantitative estimate of drug-likeness (QED) is 0.698. The number of hydrogen-bond acceptors (Lipinski definition) is 3. The first-order valence-electron chi connectivity index (χ1n) is 6.85. The highest BCUT2D eigenvalue weighted by molar-refractivity contribution is 5.95. The highest BCUT2D eigenvalue weighted by Gasteiger charge is 2.23. The number of benzene rings is 1. The molecular weight excluding hydrogens is 240 g/mol. The van der Waals surface area contributed by atoms with E-state index in [2.05, 4.69) is 5.32 Å². The molecule has 0 saturated carbocycles. The molecule has 106 valence electrons. The van der Waals surface area contributed by atoms with E-state index in [-0.39, 0.29) is 12.5 Å². The molecule has 0 bridgehead atoms. The van der Waals surface area contributed by atoms with Gasteiger partial charge in [-0.05, 0) is 37.4 Å². The summed E-state index contributed by atoms with van der Waals surface area (Å²) in [6, 6.07) is 7.43. The van der Waals surface area contributed by atoms with E-state index in [9.17, 15) is 9.90 Å². The second-order valence-corrected chi connectivity index (χ2v) is 4.81. The summed E-state index contributed by atoms with van der Waals surface area (Å²) < 4.78 is 0. The number of nitrogens with two attached hydrogens (primary N) is 1. The molecule has 4 N–H and O–H groups in total. The van der Waals surface area contributed by atoms with Crippen molar-refractivity contribution in [2.24, 2.45) is 5.73 Å². The first kappa shape index (κ1) is 15.7. The lowest BCUT2D eigenvalue weighted by molar-refractivity contribution is 0.0314. The van der Waals surface area contributed by atoms with Gasteiger partial charge in [-0.2, -0.15) is 0 Å². The molecule has 0 fully saturated rings. The molecule has 0 aliphatic carbocycles. The maximum absolute atomic E-state index is 12.2. The van der Waals surface area contributed by atoms with Gasteiger partial charge in [0.1, 0.15) is 0 Å². The van der Waals surface area contributed by atoms with Crippen molar-refractivity contribution in [2.45, 2.75) is 38.7 Å². The SMILES string of the molecule is CCC(O)(CC)CNC(=O)c1ccccc1CCN. The fraction of sp³-hybridized carbons (Fsp3) is 0.533. The molecule has 1 rings (SSSR count). The van der Waals surface area contributed by atoms with Gasteiger partial charge in [-0.15, -0.1) is 0 Å². The lowest BCUT2D eigenvalue weighted by Crippen LogP contribution is -2.42. The van der Waals surface area contributed by atoms with Gasteiger partial charge in [-0.25, -0.2) is 0 Å². The van der Waals surface area contributed by atoms with Crippen LogP contribution in [0, 0.1) is 0 Å². The molecule has 0 unspecified atom stereocenters. The zero-order chi connectivity index (χ0) is 14.3. The van der Waals surface area contributed by atoms with Crippen molar-refractivity contribution in [2.75, 3.05) is 13.1 Å². The molecule has 19 heavy (non-hydrogen) atoms. The molecular formula is C15H24N2O2. The fourth-order valence-electron chi connectivity index (χ4n) is 1.96. The number of carbonyl (C=O) groups excluding carboxylic acids is 1. The molecule has 0 spiro atoms. The summed E-state index contributed by atoms with van der Waals surface area (Å²) in [5, 5.41) is 13.0. The highest BCUT2D eigenvalue weighted by atomic mass is 16.3. The van der Waals surface area contributed by atoms with Crippen molar-refractivity contribution in [3.8, 4) is 0 Å². The lowest BCUT2D eigenvalue weighted by Gasteiger charge is -2.25. The molecule has 4 nitrogen and oxygen atoms in total. The van der Waals surface area contributed by atoms with Crippen LogP contribution in [0.3, 0.4) is 0 Å². The second kappa shape index (κ2) is 7.26. The minimum atomic E-state index is -0.821. The van der Waals surface area contributed by atoms with Gasteiger partial charge in [0.25, 0.3) is 5.91 Å². The standard InChI is InChI=1S/C15H24N2O2/c1-3-15(19,4-2)11-17-14(18)13-8-6-5-7-12(13)9-10-16/h5-8,19H,3-4,9-11,16H2,1-2H3,(H,17,18). The average molecular weight is 264 g/mol. The first-order valence-corrected chi connectivity index (χ1v) is 6.85. The van der Waals surface area contributed by atoms with Crippen LogP contribution in [0.5, 0.6) is 0 Å². The van der Waals surface area contributed by atoms with Gasteiger partial charge < -0.3 is 16.2 Å². The predicted molar refractivity (Wildman–Crippen MR) is 77.1 cm³/mol. The Hall–Kier alpha value is -1.39. The zero-order valence-electron chi connectivity index (χ0n) is 11.8. The van der Waals surface area contributed by atoms with E-state index in [4.69, 9.17) is 5.73 Å². The molecule has 0 aliphatic heterocycles. The van der Waals surface area contributed by atoms with E-state index in [1.807, 2.05) is 32.0 Å². The Balaban J connectivity index is 2.73. The van der Waals surface area contributed by atoms with Crippen LogP contribution >= 0.6 is 0 Å². The van der Waals surface area contributed by atoms with Crippen LogP contribution in [0.2, 0.25) is 0 Å². The van der Waals surface area contributed by atoms with Crippen molar-refractivity contribution in [3.63, 3.8) is 0 Å². The maximum atomic E-state index is 12.2. The molecule has 0 aliphatic rings. The van der Waals surface area contributed by atoms with Gasteiger partial charge >= 0.3 is 0 Å². The number of aliphatic hydroxyl groups is 1. The first-order chi connectivity index (χ1) is 9.06. The Labute approximate surface area is 115 Å². The van der Waals surface area contributed by atoms with E-state index >= 15 is 0 Å². The van der Waals surface area contributed by atoms with E-state index in [1.54, 1.807) is 6.07 Å². The third-order valence-corrected chi connectivity index (χ3v) is 3.57. The molecule has 1 amide bonds. The van der Waals surface area contributed by atoms with Crippen molar-refractivity contribution in [3.05, 3.63) is 35.4 Å². The third-order valence-electron chi connectivity index (χ3n) is 3.57. The summed E-state index contributed by atoms with van der Waals surface area (Å²) in [6.45, 7) is 4.62. The summed E-state index contributed by atoms with van der Waals surface area (Å²) in [5.41, 5.74) is 6.31. The Morgan fingerprint density at radius 1 is 1.32 bits per heavy atom. The van der Waals surface area contributed by atoms with Gasteiger partial charge in [-0.1, -0.05) is 32.0 Å². The van der Waals surface area contributed by atoms with Crippen LogP contribution in [-0.2, 0) is 6.42 Å². The van der Waals surface area contributed by atoms with E-state index < -0.39 is 5.60 Å². The summed E-state index contributed by atoms with van der Waals surface area (Å²) in [6.07, 6.45) is 1.91. The van der Waals surface area contributed by atoms with Crippen LogP contribution in [0.25, 0.3) is 0 Å². The molecule has 4 heteroatoms. The van der Waals surface area contributed by atoms with Crippen LogP contribution in [-0.4, -0.2) is 29.7 Å². The summed E-state index contributed by atoms with van der Waals surface area (Å²) >= 11 is 0. The fourth-order valence-corrected chi connectivity index (χ4v) is 1.96. The van der Waals surface area contributed by atoms with Crippen molar-refractivity contribution in [1.29, 1.82) is 0 Å². The Morgan fingerprint density at radius 3 is 2.53 bits per heavy atom. The van der Waals surface area contributed by atoms with Gasteiger partial charge in [0.05, 0.1) is 5.60 Å². The summed E-state index contributed by atoms with van der Waals surface area (Å²) in [4.78, 5) is 12.2. The highest BCUT2D eigenvalue weighted by Crippen LogP contribution is 2.14. The Kier molecular flexibility index (Phi) is 5.99. The van der Waals surface area contributed by atoms with Crippen LogP contribution in [0.15, 0.2) is 24.3 Å². The largest absolute Gasteiger partial charge is 0.388 e. The molecule has 1 aromatic rings. The van der Waals surface area contributed by atoms with Gasteiger partial charge in [-0.3, -0.25) is 4.79 Å². The zero-order valence-corrected chi connectivity index (χ0v) is 11.8. The topological polar surface area (TPSA) is 75.3 Å². The Morgan fingerprint density at radius 2 is 1.95 bits per heavy atom. The van der Waals surface area contributed by atoms with Crippen molar-refractivity contribution < 1.29 is 9.90 Å². The maximum Gasteiger partial charge on any atom is 0.251 e. The van der Waals surface area contributed by atoms with Crippen LogP contribution in [0.4, 0.5) is 0 Å². The number of rotatable bonds is 7. The van der Waals surface area contributed by atoms with Gasteiger partial charge in [0.2, 0.25) is 0 Å². The lowest BCUT2D eigenvalue weighted by atomic mass is 9.97. The molecule has 0 atom stereocenters. The van der Waals surface area contributed by atoms with Crippen LogP contribution < -0.4 is 11.1 Å².